The van der Waals surface area contributed by atoms with Crippen molar-refractivity contribution >= 4 is 0 Å². The van der Waals surface area contributed by atoms with Crippen LogP contribution in [0.5, 0.6) is 5.75 Å². The van der Waals surface area contributed by atoms with Gasteiger partial charge in [0.05, 0.1) is 11.6 Å². The Morgan fingerprint density at radius 2 is 2.58 bits per heavy atom. The monoisotopic (exact) mass is 174 g/mol. The third-order valence-electron chi connectivity index (χ3n) is 1.26. The van der Waals surface area contributed by atoms with Gasteiger partial charge in [0.2, 0.25) is 0 Å². The van der Waals surface area contributed by atoms with Crippen molar-refractivity contribution in [1.29, 1.82) is 0 Å². The third kappa shape index (κ3) is 2.22. The molecule has 1 aromatic carbocycles. The summed E-state index contributed by atoms with van der Waals surface area (Å²) in [6.45, 7) is -2.96. The molecule has 0 bridgehead atoms. The van der Waals surface area contributed by atoms with E-state index in [1.807, 2.05) is 5.32 Å². The topological polar surface area (TPSA) is 52.5 Å². The molecule has 0 saturated heterocycles. The smallest absolute Gasteiger partial charge is 0.115 e. The van der Waals surface area contributed by atoms with E-state index < -0.39 is 49.5 Å². The van der Waals surface area contributed by atoms with Crippen molar-refractivity contribution in [2.24, 2.45) is 0 Å². The average molecular weight is 174 g/mol. The Labute approximate surface area is 81.5 Å². The van der Waals surface area contributed by atoms with Gasteiger partial charge in [-0.25, -0.2) is 0 Å². The van der Waals surface area contributed by atoms with Crippen LogP contribution in [0.4, 0.5) is 0 Å². The van der Waals surface area contributed by atoms with Gasteiger partial charge in [-0.3, -0.25) is 0 Å². The molecule has 1 atom stereocenters. The molecular weight excluding hydrogens is 154 g/mol. The van der Waals surface area contributed by atoms with Gasteiger partial charge in [-0.15, -0.1) is 0 Å². The van der Waals surface area contributed by atoms with Crippen molar-refractivity contribution in [2.75, 3.05) is 13.5 Å². The first kappa shape index (κ1) is 3.36. The van der Waals surface area contributed by atoms with Crippen molar-refractivity contribution in [2.45, 2.75) is 6.10 Å². The summed E-state index contributed by atoms with van der Waals surface area (Å²) in [5.74, 6) is -0.816. The van der Waals surface area contributed by atoms with E-state index in [0.717, 1.165) is 0 Å². The zero-order chi connectivity index (χ0) is 15.0. The minimum Gasteiger partial charge on any atom is -0.508 e. The molecule has 0 saturated carbocycles. The molecule has 66 valence electrons. The number of likely N-dealkylation sites (N-methyl/N-ethyl adjacent to an activating group) is 1. The van der Waals surface area contributed by atoms with Gasteiger partial charge in [0.15, 0.2) is 0 Å². The maximum Gasteiger partial charge on any atom is 0.115 e. The van der Waals surface area contributed by atoms with Gasteiger partial charge in [0.1, 0.15) is 5.75 Å². The van der Waals surface area contributed by atoms with Gasteiger partial charge >= 0.3 is 0 Å². The SMILES string of the molecule is [2H]c1c([2H])c(O)c([2H])c(C(O)CNC([2H])([2H])[2H])c1[2H]. The van der Waals surface area contributed by atoms with Crippen molar-refractivity contribution in [3.63, 3.8) is 0 Å². The van der Waals surface area contributed by atoms with Crippen molar-refractivity contribution in [3.8, 4) is 5.75 Å². The zero-order valence-electron chi connectivity index (χ0n) is 13.2. The Morgan fingerprint density at radius 1 is 1.75 bits per heavy atom. The minimum atomic E-state index is -2.49. The van der Waals surface area contributed by atoms with Gasteiger partial charge in [0, 0.05) is 10.7 Å². The van der Waals surface area contributed by atoms with Crippen LogP contribution in [0.2, 0.25) is 0 Å². The number of phenols is 1. The van der Waals surface area contributed by atoms with Crippen LogP contribution >= 0.6 is 0 Å². The molecule has 0 aromatic heterocycles. The molecule has 3 N–H and O–H groups in total. The lowest BCUT2D eigenvalue weighted by atomic mass is 10.1. The molecule has 1 aromatic rings. The van der Waals surface area contributed by atoms with Gasteiger partial charge in [-0.05, 0) is 24.6 Å². The zero-order valence-corrected chi connectivity index (χ0v) is 6.18. The first-order valence-corrected chi connectivity index (χ1v) is 3.28. The fourth-order valence-corrected chi connectivity index (χ4v) is 0.713. The lowest BCUT2D eigenvalue weighted by Gasteiger charge is -2.09. The highest BCUT2D eigenvalue weighted by Gasteiger charge is 2.05. The predicted molar refractivity (Wildman–Crippen MR) is 47.0 cm³/mol. The number of hydrogen-bond donors (Lipinski definition) is 3. The van der Waals surface area contributed by atoms with E-state index >= 15 is 0 Å². The van der Waals surface area contributed by atoms with Crippen LogP contribution in [0, 0.1) is 0 Å². The van der Waals surface area contributed by atoms with Crippen LogP contribution in [0.25, 0.3) is 0 Å². The summed E-state index contributed by atoms with van der Waals surface area (Å²) in [4.78, 5) is 0. The molecule has 0 aliphatic rings. The Kier molecular flexibility index (Phi) is 1.14. The first-order chi connectivity index (χ1) is 8.56. The Hall–Kier alpha value is -1.06. The summed E-state index contributed by atoms with van der Waals surface area (Å²) >= 11 is 0. The van der Waals surface area contributed by atoms with E-state index in [2.05, 4.69) is 0 Å². The number of nitrogens with one attached hydrogen (secondary N) is 1. The molecular formula is C9H13NO2. The maximum atomic E-state index is 9.78. The Bertz CT molecular complexity index is 459. The van der Waals surface area contributed by atoms with Crippen LogP contribution in [-0.2, 0) is 0 Å². The van der Waals surface area contributed by atoms with Crippen molar-refractivity contribution in [1.82, 2.24) is 5.32 Å². The number of benzene rings is 1. The molecule has 12 heavy (non-hydrogen) atoms. The molecule has 3 heteroatoms. The largest absolute Gasteiger partial charge is 0.508 e. The van der Waals surface area contributed by atoms with Gasteiger partial charge in [-0.2, -0.15) is 0 Å². The van der Waals surface area contributed by atoms with Gasteiger partial charge in [-0.1, -0.05) is 12.1 Å². The van der Waals surface area contributed by atoms with Gasteiger partial charge in [0.25, 0.3) is 0 Å². The quantitative estimate of drug-likeness (QED) is 0.630. The van der Waals surface area contributed by atoms with Crippen LogP contribution in [-0.4, -0.2) is 23.7 Å². The highest BCUT2D eigenvalue weighted by Crippen LogP contribution is 2.17. The molecule has 0 amide bonds. The molecule has 3 nitrogen and oxygen atoms in total. The molecule has 0 aliphatic carbocycles. The summed E-state index contributed by atoms with van der Waals surface area (Å²) in [5, 5.41) is 21.2. The van der Waals surface area contributed by atoms with Crippen LogP contribution in [0.1, 0.15) is 21.3 Å². The van der Waals surface area contributed by atoms with E-state index in [-0.39, 0.29) is 5.56 Å². The normalized spacial score (nSPS) is 22.2. The van der Waals surface area contributed by atoms with Crippen molar-refractivity contribution in [3.05, 3.63) is 29.7 Å². The van der Waals surface area contributed by atoms with E-state index in [1.54, 1.807) is 0 Å². The fourth-order valence-electron chi connectivity index (χ4n) is 0.713. The summed E-state index contributed by atoms with van der Waals surface area (Å²) < 4.78 is 50.6. The maximum absolute atomic E-state index is 9.78. The molecule has 0 aliphatic heterocycles. The number of aliphatic hydroxyl groups excluding tert-OH is 1. The van der Waals surface area contributed by atoms with Crippen LogP contribution in [0.15, 0.2) is 24.2 Å². The fraction of sp³-hybridized carbons (Fsp3) is 0.333. The van der Waals surface area contributed by atoms with Crippen LogP contribution in [0.3, 0.4) is 0 Å². The van der Waals surface area contributed by atoms with Crippen molar-refractivity contribution < 1.29 is 19.8 Å². The second kappa shape index (κ2) is 4.09. The van der Waals surface area contributed by atoms with Gasteiger partial charge < -0.3 is 15.5 Å². The van der Waals surface area contributed by atoms with E-state index in [1.165, 1.54) is 0 Å². The van der Waals surface area contributed by atoms with E-state index in [4.69, 9.17) is 9.60 Å². The number of hydrogen-bond acceptors (Lipinski definition) is 3. The van der Waals surface area contributed by atoms with Crippen LogP contribution < -0.4 is 5.32 Å². The molecule has 1 unspecified atom stereocenters. The number of rotatable bonds is 3. The highest BCUT2D eigenvalue weighted by molar-refractivity contribution is 5.28. The van der Waals surface area contributed by atoms with E-state index in [9.17, 15) is 10.2 Å². The Balaban J connectivity index is 3.14. The Morgan fingerprint density at radius 3 is 3.33 bits per heavy atom. The molecule has 0 fully saturated rings. The predicted octanol–water partition coefficient (Wildman–Crippen LogP) is 0.645. The molecule has 0 radical (unpaired) electrons. The molecule has 0 heterocycles. The lowest BCUT2D eigenvalue weighted by Crippen LogP contribution is -2.16. The summed E-state index contributed by atoms with van der Waals surface area (Å²) in [5.41, 5.74) is -0.379. The second-order valence-electron chi connectivity index (χ2n) is 2.16. The third-order valence-corrected chi connectivity index (χ3v) is 1.26. The highest BCUT2D eigenvalue weighted by atomic mass is 16.3. The lowest BCUT2D eigenvalue weighted by molar-refractivity contribution is 0.177. The molecule has 1 rings (SSSR count). The minimum absolute atomic E-state index is 0.379. The first-order valence-electron chi connectivity index (χ1n) is 6.78. The number of phenolic OH excluding ortho intramolecular Hbond substituents is 1. The standard InChI is InChI=1S/C9H13NO2/c1-10-6-9(12)7-3-2-4-8(11)5-7/h2-5,9-12H,6H2,1H3/i1D3,2D,3D,4D,5D. The second-order valence-corrected chi connectivity index (χ2v) is 2.16. The summed E-state index contributed by atoms with van der Waals surface area (Å²) in [6.07, 6.45) is -1.55. The summed E-state index contributed by atoms with van der Waals surface area (Å²) in [7, 11) is 0. The number of aromatic hydroxyl groups is 1. The summed E-state index contributed by atoms with van der Waals surface area (Å²) in [6, 6.07) is -2.52. The number of aliphatic hydroxyl groups is 1. The van der Waals surface area contributed by atoms with E-state index in [0.29, 0.717) is 0 Å². The molecule has 0 spiro atoms. The average Bonchev–Trinajstić information content (AvgIpc) is 2.31.